The summed E-state index contributed by atoms with van der Waals surface area (Å²) in [6, 6.07) is 13.1. The van der Waals surface area contributed by atoms with Crippen LogP contribution in [0.1, 0.15) is 22.8 Å². The zero-order chi connectivity index (χ0) is 21.6. The molecule has 2 aromatic carbocycles. The Morgan fingerprint density at radius 3 is 2.40 bits per heavy atom. The van der Waals surface area contributed by atoms with Crippen molar-refractivity contribution in [3.8, 4) is 0 Å². The first kappa shape index (κ1) is 21.6. The van der Waals surface area contributed by atoms with Gasteiger partial charge in [-0.3, -0.25) is 4.79 Å². The van der Waals surface area contributed by atoms with Crippen LogP contribution in [0.5, 0.6) is 0 Å². The Hall–Kier alpha value is -3.13. The standard InChI is InChI=1S/C22H20F3NO4/c23-22(24,25)18-8-4-5-16(15-18)9-10-19(27)30-20(17-6-2-1-3-7-17)21(28)26-11-13-29-14-12-26/h1-10,15,20H,11-14H2/b10-9+/t20-/m1/s1. The first-order valence-corrected chi connectivity index (χ1v) is 9.32. The number of hydrogen-bond acceptors (Lipinski definition) is 4. The highest BCUT2D eigenvalue weighted by Gasteiger charge is 2.31. The van der Waals surface area contributed by atoms with Gasteiger partial charge in [0.05, 0.1) is 18.8 Å². The van der Waals surface area contributed by atoms with Gasteiger partial charge in [0.15, 0.2) is 0 Å². The minimum absolute atomic E-state index is 0.192. The molecule has 0 saturated carbocycles. The van der Waals surface area contributed by atoms with Crippen molar-refractivity contribution in [1.29, 1.82) is 0 Å². The number of halogens is 3. The van der Waals surface area contributed by atoms with E-state index in [9.17, 15) is 22.8 Å². The summed E-state index contributed by atoms with van der Waals surface area (Å²) < 4.78 is 49.1. The first-order valence-electron chi connectivity index (χ1n) is 9.32. The fourth-order valence-corrected chi connectivity index (χ4v) is 2.98. The quantitative estimate of drug-likeness (QED) is 0.546. The molecule has 0 N–H and O–H groups in total. The second-order valence-electron chi connectivity index (χ2n) is 6.62. The molecule has 8 heteroatoms. The number of hydrogen-bond donors (Lipinski definition) is 0. The first-order chi connectivity index (χ1) is 14.3. The monoisotopic (exact) mass is 419 g/mol. The van der Waals surface area contributed by atoms with Crippen LogP contribution >= 0.6 is 0 Å². The summed E-state index contributed by atoms with van der Waals surface area (Å²) in [6.45, 7) is 1.58. The van der Waals surface area contributed by atoms with E-state index in [4.69, 9.17) is 9.47 Å². The highest BCUT2D eigenvalue weighted by atomic mass is 19.4. The molecule has 1 saturated heterocycles. The lowest BCUT2D eigenvalue weighted by atomic mass is 10.1. The number of rotatable bonds is 5. The van der Waals surface area contributed by atoms with Gasteiger partial charge < -0.3 is 14.4 Å². The maximum absolute atomic E-state index is 12.9. The molecular weight excluding hydrogens is 399 g/mol. The van der Waals surface area contributed by atoms with Gasteiger partial charge in [0.1, 0.15) is 0 Å². The number of esters is 1. The Bertz CT molecular complexity index is 906. The number of benzene rings is 2. The van der Waals surface area contributed by atoms with Crippen molar-refractivity contribution >= 4 is 18.0 Å². The number of ether oxygens (including phenoxy) is 2. The summed E-state index contributed by atoms with van der Waals surface area (Å²) in [6.07, 6.45) is -3.40. The molecule has 1 heterocycles. The van der Waals surface area contributed by atoms with E-state index in [1.807, 2.05) is 0 Å². The average molecular weight is 419 g/mol. The largest absolute Gasteiger partial charge is 0.444 e. The molecule has 1 fully saturated rings. The van der Waals surface area contributed by atoms with Crippen molar-refractivity contribution in [2.24, 2.45) is 0 Å². The van der Waals surface area contributed by atoms with Crippen LogP contribution in [0.2, 0.25) is 0 Å². The van der Waals surface area contributed by atoms with Crippen LogP contribution in [-0.4, -0.2) is 43.1 Å². The molecule has 0 bridgehead atoms. The third kappa shape index (κ3) is 5.70. The van der Waals surface area contributed by atoms with Gasteiger partial charge in [-0.25, -0.2) is 4.79 Å². The molecule has 0 radical (unpaired) electrons. The Labute approximate surface area is 171 Å². The smallest absolute Gasteiger partial charge is 0.416 e. The minimum Gasteiger partial charge on any atom is -0.444 e. The number of alkyl halides is 3. The zero-order valence-corrected chi connectivity index (χ0v) is 16.0. The Morgan fingerprint density at radius 2 is 1.73 bits per heavy atom. The van der Waals surface area contributed by atoms with Crippen molar-refractivity contribution < 1.29 is 32.2 Å². The Balaban J connectivity index is 1.75. The number of carbonyl (C=O) groups is 2. The van der Waals surface area contributed by atoms with Crippen molar-refractivity contribution in [3.63, 3.8) is 0 Å². The van der Waals surface area contributed by atoms with E-state index in [-0.39, 0.29) is 11.5 Å². The van der Waals surface area contributed by atoms with Crippen molar-refractivity contribution in [2.75, 3.05) is 26.3 Å². The van der Waals surface area contributed by atoms with Crippen LogP contribution in [0.3, 0.4) is 0 Å². The Morgan fingerprint density at radius 1 is 1.03 bits per heavy atom. The summed E-state index contributed by atoms with van der Waals surface area (Å²) in [7, 11) is 0. The predicted octanol–water partition coefficient (Wildman–Crippen LogP) is 3.86. The summed E-state index contributed by atoms with van der Waals surface area (Å²) >= 11 is 0. The van der Waals surface area contributed by atoms with E-state index < -0.39 is 23.8 Å². The molecule has 2 aromatic rings. The highest BCUT2D eigenvalue weighted by Crippen LogP contribution is 2.29. The molecule has 5 nitrogen and oxygen atoms in total. The molecule has 1 atom stereocenters. The van der Waals surface area contributed by atoms with Gasteiger partial charge in [0, 0.05) is 24.7 Å². The van der Waals surface area contributed by atoms with E-state index in [2.05, 4.69) is 0 Å². The molecule has 158 valence electrons. The van der Waals surface area contributed by atoms with Gasteiger partial charge in [-0.15, -0.1) is 0 Å². The van der Waals surface area contributed by atoms with Crippen LogP contribution in [-0.2, 0) is 25.2 Å². The van der Waals surface area contributed by atoms with E-state index in [0.29, 0.717) is 31.9 Å². The molecule has 0 aliphatic carbocycles. The van der Waals surface area contributed by atoms with E-state index in [1.165, 1.54) is 18.2 Å². The van der Waals surface area contributed by atoms with Gasteiger partial charge in [0.25, 0.3) is 5.91 Å². The number of morpholine rings is 1. The lowest BCUT2D eigenvalue weighted by Crippen LogP contribution is -2.44. The van der Waals surface area contributed by atoms with Crippen molar-refractivity contribution in [3.05, 3.63) is 77.4 Å². The number of nitrogens with zero attached hydrogens (tertiary/aromatic N) is 1. The summed E-state index contributed by atoms with van der Waals surface area (Å²) in [5, 5.41) is 0. The van der Waals surface area contributed by atoms with Crippen LogP contribution in [0.25, 0.3) is 6.08 Å². The Kier molecular flexibility index (Phi) is 6.89. The molecule has 0 spiro atoms. The second kappa shape index (κ2) is 9.58. The summed E-state index contributed by atoms with van der Waals surface area (Å²) in [5.74, 6) is -1.20. The predicted molar refractivity (Wildman–Crippen MR) is 103 cm³/mol. The van der Waals surface area contributed by atoms with E-state index in [0.717, 1.165) is 18.2 Å². The van der Waals surface area contributed by atoms with Crippen LogP contribution < -0.4 is 0 Å². The minimum atomic E-state index is -4.48. The molecular formula is C22H20F3NO4. The van der Waals surface area contributed by atoms with Crippen molar-refractivity contribution in [2.45, 2.75) is 12.3 Å². The highest BCUT2D eigenvalue weighted by molar-refractivity contribution is 5.91. The molecule has 1 amide bonds. The SMILES string of the molecule is O=C(/C=C/c1cccc(C(F)(F)F)c1)O[C@@H](C(=O)N1CCOCC1)c1ccccc1. The van der Waals surface area contributed by atoms with Crippen LogP contribution in [0.4, 0.5) is 13.2 Å². The third-order valence-corrected chi connectivity index (χ3v) is 4.51. The molecule has 30 heavy (non-hydrogen) atoms. The van der Waals surface area contributed by atoms with Gasteiger partial charge in [-0.2, -0.15) is 13.2 Å². The second-order valence-corrected chi connectivity index (χ2v) is 6.62. The lowest BCUT2D eigenvalue weighted by molar-refractivity contribution is -0.159. The molecule has 3 rings (SSSR count). The summed E-state index contributed by atoms with van der Waals surface area (Å²) in [5.41, 5.74) is -0.116. The number of amides is 1. The van der Waals surface area contributed by atoms with Crippen LogP contribution in [0, 0.1) is 0 Å². The maximum Gasteiger partial charge on any atom is 0.416 e. The number of carbonyl (C=O) groups excluding carboxylic acids is 2. The normalized spacial score (nSPS) is 15.8. The fourth-order valence-electron chi connectivity index (χ4n) is 2.98. The maximum atomic E-state index is 12.9. The molecule has 1 aliphatic rings. The topological polar surface area (TPSA) is 55.8 Å². The van der Waals surface area contributed by atoms with Crippen LogP contribution in [0.15, 0.2) is 60.7 Å². The summed E-state index contributed by atoms with van der Waals surface area (Å²) in [4.78, 5) is 26.8. The van der Waals surface area contributed by atoms with Gasteiger partial charge >= 0.3 is 12.1 Å². The molecule has 0 unspecified atom stereocenters. The molecule has 0 aromatic heterocycles. The van der Waals surface area contributed by atoms with Crippen molar-refractivity contribution in [1.82, 2.24) is 4.90 Å². The van der Waals surface area contributed by atoms with E-state index in [1.54, 1.807) is 35.2 Å². The van der Waals surface area contributed by atoms with Gasteiger partial charge in [-0.1, -0.05) is 42.5 Å². The third-order valence-electron chi connectivity index (χ3n) is 4.51. The molecule has 1 aliphatic heterocycles. The zero-order valence-electron chi connectivity index (χ0n) is 16.0. The van der Waals surface area contributed by atoms with Gasteiger partial charge in [0.2, 0.25) is 6.10 Å². The fraction of sp³-hybridized carbons (Fsp3) is 0.273. The lowest BCUT2D eigenvalue weighted by Gasteiger charge is -2.30. The van der Waals surface area contributed by atoms with Gasteiger partial charge in [-0.05, 0) is 23.8 Å². The average Bonchev–Trinajstić information content (AvgIpc) is 2.76. The van der Waals surface area contributed by atoms with E-state index >= 15 is 0 Å².